The molecule has 2 nitrogen and oxygen atoms in total. The molecule has 0 atom stereocenters. The second-order valence-electron chi connectivity index (χ2n) is 3.43. The molecular weight excluding hydrogens is 311 g/mol. The number of aromatic amines is 1. The molecule has 0 radical (unpaired) electrons. The van der Waals surface area contributed by atoms with E-state index in [9.17, 15) is 0 Å². The van der Waals surface area contributed by atoms with Crippen LogP contribution in [0, 0.1) is 0 Å². The highest BCUT2D eigenvalue weighted by atomic mass is 79.9. The van der Waals surface area contributed by atoms with Crippen LogP contribution in [-0.2, 0) is 0 Å². The van der Waals surface area contributed by atoms with Crippen molar-refractivity contribution in [2.75, 3.05) is 0 Å². The second kappa shape index (κ2) is 3.62. The van der Waals surface area contributed by atoms with Crippen molar-refractivity contribution < 1.29 is 0 Å². The lowest BCUT2D eigenvalue weighted by molar-refractivity contribution is 1.34. The molecule has 3 aromatic rings. The maximum atomic E-state index is 6.18. The Hall–Kier alpha value is -0.770. The molecule has 0 aliphatic heterocycles. The second-order valence-corrected chi connectivity index (χ2v) is 5.05. The van der Waals surface area contributed by atoms with Crippen molar-refractivity contribution >= 4 is 60.9 Å². The number of fused-ring (bicyclic) bond motifs is 3. The van der Waals surface area contributed by atoms with Gasteiger partial charge in [-0.2, -0.15) is 0 Å². The zero-order chi connectivity index (χ0) is 11.3. The third-order valence-corrected chi connectivity index (χ3v) is 3.71. The molecule has 2 heterocycles. The number of benzene rings is 1. The van der Waals surface area contributed by atoms with Crippen molar-refractivity contribution in [2.45, 2.75) is 0 Å². The zero-order valence-corrected chi connectivity index (χ0v) is 11.0. The summed E-state index contributed by atoms with van der Waals surface area (Å²) in [6.45, 7) is 0. The lowest BCUT2D eigenvalue weighted by Gasteiger charge is -1.97. The number of hydrogen-bond acceptors (Lipinski definition) is 1. The Kier molecular flexibility index (Phi) is 2.35. The van der Waals surface area contributed by atoms with E-state index >= 15 is 0 Å². The van der Waals surface area contributed by atoms with Gasteiger partial charge in [0.25, 0.3) is 0 Å². The zero-order valence-electron chi connectivity index (χ0n) is 7.89. The van der Waals surface area contributed by atoms with E-state index < -0.39 is 0 Å². The van der Waals surface area contributed by atoms with Gasteiger partial charge < -0.3 is 4.98 Å². The van der Waals surface area contributed by atoms with Crippen LogP contribution in [0.3, 0.4) is 0 Å². The van der Waals surface area contributed by atoms with Crippen LogP contribution < -0.4 is 0 Å². The minimum Gasteiger partial charge on any atom is -0.353 e. The van der Waals surface area contributed by atoms with Crippen LogP contribution in [-0.4, -0.2) is 9.97 Å². The van der Waals surface area contributed by atoms with Gasteiger partial charge in [-0.15, -0.1) is 0 Å². The fourth-order valence-corrected chi connectivity index (χ4v) is 2.74. The molecule has 80 valence electrons. The molecule has 3 rings (SSSR count). The predicted octanol–water partition coefficient (Wildman–Crippen LogP) is 4.79. The summed E-state index contributed by atoms with van der Waals surface area (Å²) < 4.78 is 0.874. The van der Waals surface area contributed by atoms with Crippen LogP contribution in [0.25, 0.3) is 21.8 Å². The van der Waals surface area contributed by atoms with Gasteiger partial charge in [0.05, 0.1) is 15.0 Å². The van der Waals surface area contributed by atoms with E-state index in [1.807, 2.05) is 18.2 Å². The van der Waals surface area contributed by atoms with E-state index in [-0.39, 0.29) is 0 Å². The first-order valence-corrected chi connectivity index (χ1v) is 6.13. The molecule has 16 heavy (non-hydrogen) atoms. The Morgan fingerprint density at radius 3 is 2.81 bits per heavy atom. The highest BCUT2D eigenvalue weighted by Gasteiger charge is 2.13. The standard InChI is InChI=1S/C11H5BrCl2N2/c12-5-4-15-11(14)9-8-6(13)2-1-3-7(8)16-10(5)9/h1-4,16H. The van der Waals surface area contributed by atoms with Gasteiger partial charge >= 0.3 is 0 Å². The number of hydrogen-bond donors (Lipinski definition) is 1. The Morgan fingerprint density at radius 2 is 2.00 bits per heavy atom. The summed E-state index contributed by atoms with van der Waals surface area (Å²) >= 11 is 15.7. The van der Waals surface area contributed by atoms with E-state index in [2.05, 4.69) is 25.9 Å². The average Bonchev–Trinajstić information content (AvgIpc) is 2.65. The molecule has 0 bridgehead atoms. The number of nitrogens with zero attached hydrogens (tertiary/aromatic N) is 1. The Balaban J connectivity index is 2.68. The summed E-state index contributed by atoms with van der Waals surface area (Å²) in [6, 6.07) is 5.70. The Morgan fingerprint density at radius 1 is 1.19 bits per heavy atom. The van der Waals surface area contributed by atoms with Crippen molar-refractivity contribution in [1.29, 1.82) is 0 Å². The van der Waals surface area contributed by atoms with E-state index in [1.165, 1.54) is 0 Å². The number of rotatable bonds is 0. The maximum Gasteiger partial charge on any atom is 0.139 e. The quantitative estimate of drug-likeness (QED) is 0.594. The van der Waals surface area contributed by atoms with Crippen molar-refractivity contribution in [3.05, 3.63) is 39.0 Å². The van der Waals surface area contributed by atoms with E-state index in [0.717, 1.165) is 26.3 Å². The third-order valence-electron chi connectivity index (χ3n) is 2.51. The van der Waals surface area contributed by atoms with Gasteiger partial charge in [-0.3, -0.25) is 0 Å². The van der Waals surface area contributed by atoms with Gasteiger partial charge in [0.1, 0.15) is 5.15 Å². The molecule has 0 amide bonds. The Bertz CT molecular complexity index is 706. The predicted molar refractivity (Wildman–Crippen MR) is 71.3 cm³/mol. The maximum absolute atomic E-state index is 6.18. The fraction of sp³-hybridized carbons (Fsp3) is 0. The molecular formula is C11H5BrCl2N2. The summed E-state index contributed by atoms with van der Waals surface area (Å²) in [4.78, 5) is 7.38. The molecule has 0 unspecified atom stereocenters. The Labute approximate surface area is 110 Å². The molecule has 1 aromatic carbocycles. The van der Waals surface area contributed by atoms with E-state index in [1.54, 1.807) is 6.20 Å². The van der Waals surface area contributed by atoms with Gasteiger partial charge in [0, 0.05) is 22.5 Å². The fourth-order valence-electron chi connectivity index (χ4n) is 1.83. The molecule has 0 aliphatic carbocycles. The lowest BCUT2D eigenvalue weighted by atomic mass is 10.2. The van der Waals surface area contributed by atoms with E-state index in [4.69, 9.17) is 23.2 Å². The smallest absolute Gasteiger partial charge is 0.139 e. The molecule has 0 aliphatic rings. The third kappa shape index (κ3) is 1.35. The summed E-state index contributed by atoms with van der Waals surface area (Å²) in [5.41, 5.74) is 1.88. The van der Waals surface area contributed by atoms with E-state index in [0.29, 0.717) is 10.2 Å². The molecule has 1 N–H and O–H groups in total. The first-order valence-electron chi connectivity index (χ1n) is 4.58. The van der Waals surface area contributed by atoms with Crippen LogP contribution >= 0.6 is 39.1 Å². The van der Waals surface area contributed by atoms with Gasteiger partial charge in [0.15, 0.2) is 0 Å². The minimum atomic E-state index is 0.456. The largest absolute Gasteiger partial charge is 0.353 e. The SMILES string of the molecule is Clc1cccc2[nH]c3c(Br)cnc(Cl)c3c12. The molecule has 0 fully saturated rings. The van der Waals surface area contributed by atoms with Crippen LogP contribution in [0.15, 0.2) is 28.9 Å². The van der Waals surface area contributed by atoms with Crippen LogP contribution in [0.4, 0.5) is 0 Å². The molecule has 5 heteroatoms. The summed E-state index contributed by atoms with van der Waals surface area (Å²) in [5, 5.41) is 2.90. The van der Waals surface area contributed by atoms with Crippen molar-refractivity contribution in [3.63, 3.8) is 0 Å². The number of halogens is 3. The first-order chi connectivity index (χ1) is 7.68. The average molecular weight is 316 g/mol. The van der Waals surface area contributed by atoms with Gasteiger partial charge in [0.2, 0.25) is 0 Å². The molecule has 0 spiro atoms. The van der Waals surface area contributed by atoms with Crippen molar-refractivity contribution in [1.82, 2.24) is 9.97 Å². The summed E-state index contributed by atoms with van der Waals surface area (Å²) in [5.74, 6) is 0. The summed E-state index contributed by atoms with van der Waals surface area (Å²) in [6.07, 6.45) is 1.67. The van der Waals surface area contributed by atoms with Crippen molar-refractivity contribution in [2.24, 2.45) is 0 Å². The van der Waals surface area contributed by atoms with Gasteiger partial charge in [-0.25, -0.2) is 4.98 Å². The highest BCUT2D eigenvalue weighted by molar-refractivity contribution is 9.10. The number of pyridine rings is 1. The van der Waals surface area contributed by atoms with Gasteiger partial charge in [-0.1, -0.05) is 29.3 Å². The lowest BCUT2D eigenvalue weighted by Crippen LogP contribution is -1.78. The van der Waals surface area contributed by atoms with Crippen LogP contribution in [0.5, 0.6) is 0 Å². The van der Waals surface area contributed by atoms with Crippen LogP contribution in [0.1, 0.15) is 0 Å². The number of nitrogens with one attached hydrogen (secondary N) is 1. The van der Waals surface area contributed by atoms with Crippen molar-refractivity contribution in [3.8, 4) is 0 Å². The minimum absolute atomic E-state index is 0.456. The van der Waals surface area contributed by atoms with Gasteiger partial charge in [-0.05, 0) is 28.1 Å². The highest BCUT2D eigenvalue weighted by Crippen LogP contribution is 2.37. The topological polar surface area (TPSA) is 28.7 Å². The van der Waals surface area contributed by atoms with Crippen LogP contribution in [0.2, 0.25) is 10.2 Å². The monoisotopic (exact) mass is 314 g/mol. The molecule has 2 aromatic heterocycles. The normalized spacial score (nSPS) is 11.4. The summed E-state index contributed by atoms with van der Waals surface area (Å²) in [7, 11) is 0. The molecule has 0 saturated carbocycles. The number of aromatic nitrogens is 2. The first kappa shape index (κ1) is 10.4. The molecule has 0 saturated heterocycles. The number of H-pyrrole nitrogens is 1.